The van der Waals surface area contributed by atoms with E-state index >= 15 is 0 Å². The highest BCUT2D eigenvalue weighted by molar-refractivity contribution is 5.82. The molecule has 1 unspecified atom stereocenters. The molecule has 2 aromatic carbocycles. The summed E-state index contributed by atoms with van der Waals surface area (Å²) in [5.41, 5.74) is 5.43. The molecule has 2 aliphatic rings. The van der Waals surface area contributed by atoms with Gasteiger partial charge in [-0.15, -0.1) is 0 Å². The predicted octanol–water partition coefficient (Wildman–Crippen LogP) is 3.96. The van der Waals surface area contributed by atoms with E-state index in [2.05, 4.69) is 36.6 Å². The van der Waals surface area contributed by atoms with Crippen molar-refractivity contribution in [3.8, 4) is 23.0 Å². The number of carbonyl (C=O) groups is 1. The van der Waals surface area contributed by atoms with Crippen molar-refractivity contribution in [2.45, 2.75) is 33.0 Å². The molecule has 0 spiro atoms. The molecular weight excluding hydrogens is 416 g/mol. The molecule has 0 saturated heterocycles. The molecule has 0 bridgehead atoms. The van der Waals surface area contributed by atoms with Crippen LogP contribution >= 0.6 is 0 Å². The van der Waals surface area contributed by atoms with Crippen LogP contribution in [0.2, 0.25) is 0 Å². The molecule has 166 valence electrons. The van der Waals surface area contributed by atoms with Gasteiger partial charge in [0.25, 0.3) is 5.91 Å². The molecule has 33 heavy (non-hydrogen) atoms. The summed E-state index contributed by atoms with van der Waals surface area (Å²) in [5, 5.41) is 4.93. The van der Waals surface area contributed by atoms with E-state index in [1.165, 1.54) is 11.1 Å². The van der Waals surface area contributed by atoms with Gasteiger partial charge in [0.15, 0.2) is 11.5 Å². The van der Waals surface area contributed by atoms with Gasteiger partial charge in [0, 0.05) is 18.0 Å². The zero-order chi connectivity index (χ0) is 22.5. The van der Waals surface area contributed by atoms with Crippen LogP contribution in [0.3, 0.4) is 0 Å². The molecule has 7 heteroatoms. The Kier molecular flexibility index (Phi) is 4.50. The number of ether oxygens (including phenoxy) is 2. The van der Waals surface area contributed by atoms with Gasteiger partial charge in [0.1, 0.15) is 12.4 Å². The minimum absolute atomic E-state index is 0.0845. The van der Waals surface area contributed by atoms with Crippen LogP contribution in [-0.2, 0) is 17.9 Å². The summed E-state index contributed by atoms with van der Waals surface area (Å²) in [6, 6.07) is 17.8. The van der Waals surface area contributed by atoms with Gasteiger partial charge in [-0.2, -0.15) is 5.10 Å². The first-order valence-corrected chi connectivity index (χ1v) is 11.1. The number of amides is 1. The van der Waals surface area contributed by atoms with E-state index in [-0.39, 0.29) is 12.5 Å². The minimum Gasteiger partial charge on any atom is -0.485 e. The Hall–Kier alpha value is -4.00. The average molecular weight is 441 g/mol. The number of para-hydroxylation sites is 2. The maximum absolute atomic E-state index is 13.3. The quantitative estimate of drug-likeness (QED) is 0.484. The first-order valence-electron chi connectivity index (χ1n) is 11.1. The lowest BCUT2D eigenvalue weighted by Gasteiger charge is -2.28. The van der Waals surface area contributed by atoms with E-state index in [0.717, 1.165) is 22.8 Å². The Bertz CT molecular complexity index is 1360. The van der Waals surface area contributed by atoms with Crippen molar-refractivity contribution < 1.29 is 14.3 Å². The molecule has 6 rings (SSSR count). The van der Waals surface area contributed by atoms with E-state index in [0.29, 0.717) is 24.6 Å². The summed E-state index contributed by atoms with van der Waals surface area (Å²) in [5.74, 6) is 2.15. The van der Waals surface area contributed by atoms with E-state index in [1.807, 2.05) is 53.5 Å². The van der Waals surface area contributed by atoms with Crippen molar-refractivity contribution in [1.82, 2.24) is 19.2 Å². The zero-order valence-corrected chi connectivity index (χ0v) is 18.6. The number of aryl methyl sites for hydroxylation is 2. The number of carbonyl (C=O) groups excluding carboxylic acids is 1. The monoisotopic (exact) mass is 440 g/mol. The topological polar surface area (TPSA) is 61.5 Å². The smallest absolute Gasteiger partial charge is 0.267 e. The van der Waals surface area contributed by atoms with Gasteiger partial charge >= 0.3 is 0 Å². The molecule has 1 atom stereocenters. The third-order valence-electron chi connectivity index (χ3n) is 6.41. The van der Waals surface area contributed by atoms with Crippen molar-refractivity contribution >= 4 is 5.91 Å². The van der Waals surface area contributed by atoms with Crippen LogP contribution < -0.4 is 9.47 Å². The van der Waals surface area contributed by atoms with Crippen LogP contribution in [-0.4, -0.2) is 37.9 Å². The Labute approximate surface area is 191 Å². The summed E-state index contributed by atoms with van der Waals surface area (Å²) in [4.78, 5) is 15.1. The van der Waals surface area contributed by atoms with Gasteiger partial charge in [-0.3, -0.25) is 4.79 Å². The molecule has 1 amide bonds. The number of hydrogen-bond donors (Lipinski definition) is 0. The molecule has 4 heterocycles. The molecule has 4 aromatic rings. The van der Waals surface area contributed by atoms with Crippen LogP contribution in [0.1, 0.15) is 22.4 Å². The van der Waals surface area contributed by atoms with E-state index in [9.17, 15) is 4.79 Å². The van der Waals surface area contributed by atoms with Gasteiger partial charge in [-0.25, -0.2) is 4.68 Å². The lowest BCUT2D eigenvalue weighted by atomic mass is 10.1. The Morgan fingerprint density at radius 3 is 2.55 bits per heavy atom. The van der Waals surface area contributed by atoms with E-state index in [4.69, 9.17) is 14.6 Å². The highest BCUT2D eigenvalue weighted by Gasteiger charge is 2.37. The maximum atomic E-state index is 13.3. The first kappa shape index (κ1) is 19.7. The third kappa shape index (κ3) is 3.28. The summed E-state index contributed by atoms with van der Waals surface area (Å²) in [6.07, 6.45) is 3.36. The summed E-state index contributed by atoms with van der Waals surface area (Å²) in [6.45, 7) is 5.34. The standard InChI is InChI=1S/C26H24N4O3/c1-17-9-10-19(13-18(17)2)30-25(28-11-5-6-12-28)20-14-29(15-21(20)27-30)26(31)24-16-32-22-7-3-4-8-23(22)33-24/h3-13,24H,14-16H2,1-2H3. The highest BCUT2D eigenvalue weighted by atomic mass is 16.6. The molecular formula is C26H24N4O3. The second kappa shape index (κ2) is 7.55. The van der Waals surface area contributed by atoms with Crippen molar-refractivity contribution in [3.05, 3.63) is 89.4 Å². The number of fused-ring (bicyclic) bond motifs is 2. The fraction of sp³-hybridized carbons (Fsp3) is 0.231. The van der Waals surface area contributed by atoms with Crippen LogP contribution in [0.5, 0.6) is 11.5 Å². The van der Waals surface area contributed by atoms with E-state index in [1.54, 1.807) is 4.90 Å². The van der Waals surface area contributed by atoms with Gasteiger partial charge in [0.2, 0.25) is 6.10 Å². The lowest BCUT2D eigenvalue weighted by Crippen LogP contribution is -2.44. The zero-order valence-electron chi connectivity index (χ0n) is 18.6. The number of benzene rings is 2. The molecule has 0 fully saturated rings. The van der Waals surface area contributed by atoms with Crippen molar-refractivity contribution in [2.75, 3.05) is 6.61 Å². The summed E-state index contributed by atoms with van der Waals surface area (Å²) in [7, 11) is 0. The second-order valence-corrected chi connectivity index (χ2v) is 8.58. The van der Waals surface area contributed by atoms with Gasteiger partial charge in [-0.05, 0) is 61.4 Å². The molecule has 0 saturated carbocycles. The number of nitrogens with zero attached hydrogens (tertiary/aromatic N) is 4. The van der Waals surface area contributed by atoms with E-state index < -0.39 is 6.10 Å². The normalized spacial score (nSPS) is 16.7. The molecule has 7 nitrogen and oxygen atoms in total. The third-order valence-corrected chi connectivity index (χ3v) is 6.41. The van der Waals surface area contributed by atoms with Crippen LogP contribution in [0, 0.1) is 13.8 Å². The fourth-order valence-electron chi connectivity index (χ4n) is 4.48. The minimum atomic E-state index is -0.661. The number of rotatable bonds is 3. The van der Waals surface area contributed by atoms with Gasteiger partial charge < -0.3 is 18.9 Å². The summed E-state index contributed by atoms with van der Waals surface area (Å²) >= 11 is 0. The van der Waals surface area contributed by atoms with Gasteiger partial charge in [-0.1, -0.05) is 18.2 Å². The largest absolute Gasteiger partial charge is 0.485 e. The fourth-order valence-corrected chi connectivity index (χ4v) is 4.48. The van der Waals surface area contributed by atoms with Crippen LogP contribution in [0.15, 0.2) is 67.0 Å². The molecule has 0 N–H and O–H groups in total. The van der Waals surface area contributed by atoms with Crippen molar-refractivity contribution in [1.29, 1.82) is 0 Å². The second-order valence-electron chi connectivity index (χ2n) is 8.58. The Balaban J connectivity index is 1.31. The highest BCUT2D eigenvalue weighted by Crippen LogP contribution is 2.34. The van der Waals surface area contributed by atoms with Crippen LogP contribution in [0.25, 0.3) is 11.5 Å². The lowest BCUT2D eigenvalue weighted by molar-refractivity contribution is -0.141. The average Bonchev–Trinajstić information content (AvgIpc) is 3.56. The Morgan fingerprint density at radius 2 is 1.76 bits per heavy atom. The predicted molar refractivity (Wildman–Crippen MR) is 123 cm³/mol. The maximum Gasteiger partial charge on any atom is 0.267 e. The number of aromatic nitrogens is 3. The van der Waals surface area contributed by atoms with Crippen LogP contribution in [0.4, 0.5) is 0 Å². The molecule has 2 aliphatic heterocycles. The molecule has 0 radical (unpaired) electrons. The Morgan fingerprint density at radius 1 is 0.970 bits per heavy atom. The number of hydrogen-bond acceptors (Lipinski definition) is 4. The van der Waals surface area contributed by atoms with Crippen molar-refractivity contribution in [3.63, 3.8) is 0 Å². The van der Waals surface area contributed by atoms with Gasteiger partial charge in [0.05, 0.1) is 24.5 Å². The molecule has 2 aromatic heterocycles. The SMILES string of the molecule is Cc1ccc(-n2nc3c(c2-n2cccc2)CN(C(=O)C2COc4ccccc4O2)C3)cc1C. The van der Waals surface area contributed by atoms with Crippen molar-refractivity contribution in [2.24, 2.45) is 0 Å². The first-order chi connectivity index (χ1) is 16.1. The summed E-state index contributed by atoms with van der Waals surface area (Å²) < 4.78 is 15.8. The molecule has 0 aliphatic carbocycles.